The van der Waals surface area contributed by atoms with Crippen LogP contribution in [-0.2, 0) is 10.0 Å². The molecule has 9 atom stereocenters. The number of aliphatic hydroxyl groups is 1. The van der Waals surface area contributed by atoms with Gasteiger partial charge in [-0.1, -0.05) is 39.3 Å². The molecule has 0 aliphatic heterocycles. The predicted octanol–water partition coefficient (Wildman–Crippen LogP) is 8.60. The van der Waals surface area contributed by atoms with Gasteiger partial charge in [0.15, 0.2) is 8.32 Å². The zero-order chi connectivity index (χ0) is 26.1. The van der Waals surface area contributed by atoms with Crippen molar-refractivity contribution in [2.45, 2.75) is 122 Å². The molecular formula is C31H50ClNO2Si. The largest absolute Gasteiger partial charge is 0.414 e. The van der Waals surface area contributed by atoms with E-state index in [9.17, 15) is 5.11 Å². The highest BCUT2D eigenvalue weighted by molar-refractivity contribution is 6.74. The van der Waals surface area contributed by atoms with Crippen molar-refractivity contribution in [1.82, 2.24) is 4.98 Å². The van der Waals surface area contributed by atoms with Crippen LogP contribution in [0.1, 0.15) is 98.0 Å². The van der Waals surface area contributed by atoms with Crippen LogP contribution in [0.15, 0.2) is 18.5 Å². The Labute approximate surface area is 226 Å². The van der Waals surface area contributed by atoms with Crippen molar-refractivity contribution in [3.8, 4) is 0 Å². The van der Waals surface area contributed by atoms with Gasteiger partial charge in [0.2, 0.25) is 0 Å². The van der Waals surface area contributed by atoms with Crippen LogP contribution in [0, 0.1) is 40.9 Å². The molecule has 5 rings (SSSR count). The van der Waals surface area contributed by atoms with E-state index in [0.29, 0.717) is 28.4 Å². The Bertz CT molecular complexity index is 958. The van der Waals surface area contributed by atoms with Crippen molar-refractivity contribution in [3.63, 3.8) is 0 Å². The van der Waals surface area contributed by atoms with Crippen LogP contribution in [0.4, 0.5) is 0 Å². The first-order valence-corrected chi connectivity index (χ1v) is 18.0. The Hall–Kier alpha value is -0.423. The van der Waals surface area contributed by atoms with Crippen molar-refractivity contribution >= 4 is 19.9 Å². The van der Waals surface area contributed by atoms with Gasteiger partial charge in [0.05, 0.1) is 10.6 Å². The second kappa shape index (κ2) is 9.35. The van der Waals surface area contributed by atoms with Crippen LogP contribution in [0.25, 0.3) is 0 Å². The van der Waals surface area contributed by atoms with E-state index in [-0.39, 0.29) is 5.04 Å². The Kier molecular flexibility index (Phi) is 7.05. The molecule has 4 fully saturated rings. The third-order valence-electron chi connectivity index (χ3n) is 12.2. The van der Waals surface area contributed by atoms with Gasteiger partial charge < -0.3 is 9.53 Å². The molecule has 0 bridgehead atoms. The molecule has 5 heteroatoms. The van der Waals surface area contributed by atoms with Gasteiger partial charge in [0, 0.05) is 24.1 Å². The van der Waals surface area contributed by atoms with E-state index in [4.69, 9.17) is 16.0 Å². The Morgan fingerprint density at radius 3 is 2.39 bits per heavy atom. The van der Waals surface area contributed by atoms with E-state index in [1.807, 2.05) is 13.0 Å². The highest BCUT2D eigenvalue weighted by Gasteiger charge is 2.58. The topological polar surface area (TPSA) is 42.4 Å². The Morgan fingerprint density at radius 2 is 1.69 bits per heavy atom. The van der Waals surface area contributed by atoms with Gasteiger partial charge in [-0.3, -0.25) is 4.98 Å². The highest BCUT2D eigenvalue weighted by Crippen LogP contribution is 2.65. The summed E-state index contributed by atoms with van der Waals surface area (Å²) in [7, 11) is -1.72. The van der Waals surface area contributed by atoms with Gasteiger partial charge in [0.25, 0.3) is 0 Å². The molecule has 1 aromatic heterocycles. The first kappa shape index (κ1) is 27.2. The molecule has 6 unspecified atom stereocenters. The molecule has 1 heterocycles. The van der Waals surface area contributed by atoms with Crippen molar-refractivity contribution in [3.05, 3.63) is 29.0 Å². The number of hydrogen-bond donors (Lipinski definition) is 1. The zero-order valence-corrected chi connectivity index (χ0v) is 25.6. The third kappa shape index (κ3) is 4.44. The first-order valence-electron chi connectivity index (χ1n) is 14.8. The molecule has 36 heavy (non-hydrogen) atoms. The lowest BCUT2D eigenvalue weighted by molar-refractivity contribution is -0.116. The van der Waals surface area contributed by atoms with Gasteiger partial charge in [-0.2, -0.15) is 0 Å². The summed E-state index contributed by atoms with van der Waals surface area (Å²) in [4.78, 5) is 4.15. The lowest BCUT2D eigenvalue weighted by Crippen LogP contribution is -2.54. The number of fused-ring (bicyclic) bond motifs is 5. The number of halogens is 1. The van der Waals surface area contributed by atoms with Gasteiger partial charge in [-0.15, -0.1) is 0 Å². The van der Waals surface area contributed by atoms with E-state index in [1.54, 1.807) is 12.4 Å². The standard InChI is InChI=1S/C31H50ClNO2Si/c1-29(2,3)36(6,7)35-21-14-16-30(4)20(18-21)8-9-23-22-10-13-26(24(22)11-12-25(23)30)31(5,34)27-15-17-33-19-28(27)32/h15,17,19-26,34H,8-14,16,18H2,1-7H3/t20?,21-,22?,23?,24?,25?,26-,30-,31?/m0/s1. The van der Waals surface area contributed by atoms with Gasteiger partial charge >= 0.3 is 0 Å². The summed E-state index contributed by atoms with van der Waals surface area (Å²) in [5, 5.41) is 12.7. The van der Waals surface area contributed by atoms with Gasteiger partial charge in [0.1, 0.15) is 0 Å². The molecular weight excluding hydrogens is 482 g/mol. The quantitative estimate of drug-likeness (QED) is 0.395. The second-order valence-electron chi connectivity index (χ2n) is 14.9. The summed E-state index contributed by atoms with van der Waals surface area (Å²) in [6, 6.07) is 1.93. The second-order valence-corrected chi connectivity index (χ2v) is 20.1. The maximum Gasteiger partial charge on any atom is 0.192 e. The molecule has 0 radical (unpaired) electrons. The van der Waals surface area contributed by atoms with Crippen LogP contribution >= 0.6 is 11.6 Å². The van der Waals surface area contributed by atoms with Crippen molar-refractivity contribution < 1.29 is 9.53 Å². The predicted molar refractivity (Wildman–Crippen MR) is 151 cm³/mol. The number of aromatic nitrogens is 1. The fourth-order valence-electron chi connectivity index (χ4n) is 9.26. The fraction of sp³-hybridized carbons (Fsp3) is 0.839. The van der Waals surface area contributed by atoms with Crippen molar-refractivity contribution in [1.29, 1.82) is 0 Å². The summed E-state index contributed by atoms with van der Waals surface area (Å²) < 4.78 is 6.94. The van der Waals surface area contributed by atoms with E-state index < -0.39 is 13.9 Å². The minimum Gasteiger partial charge on any atom is -0.414 e. The van der Waals surface area contributed by atoms with Crippen LogP contribution in [0.3, 0.4) is 0 Å². The van der Waals surface area contributed by atoms with Crippen LogP contribution in [0.2, 0.25) is 23.2 Å². The smallest absolute Gasteiger partial charge is 0.192 e. The monoisotopic (exact) mass is 531 g/mol. The van der Waals surface area contributed by atoms with Crippen LogP contribution in [-0.4, -0.2) is 24.5 Å². The maximum absolute atomic E-state index is 11.8. The Morgan fingerprint density at radius 1 is 1.00 bits per heavy atom. The molecule has 4 aliphatic carbocycles. The number of hydrogen-bond acceptors (Lipinski definition) is 3. The summed E-state index contributed by atoms with van der Waals surface area (Å²) >= 11 is 6.51. The lowest BCUT2D eigenvalue weighted by atomic mass is 9.46. The molecule has 4 saturated carbocycles. The summed E-state index contributed by atoms with van der Waals surface area (Å²) in [5.41, 5.74) is 0.450. The van der Waals surface area contributed by atoms with E-state index in [2.05, 4.69) is 45.8 Å². The number of pyridine rings is 1. The molecule has 3 nitrogen and oxygen atoms in total. The normalized spacial score (nSPS) is 40.6. The molecule has 0 spiro atoms. The minimum absolute atomic E-state index is 0.282. The molecule has 0 amide bonds. The summed E-state index contributed by atoms with van der Waals surface area (Å²) in [5.74, 6) is 4.16. The van der Waals surface area contributed by atoms with E-state index in [0.717, 1.165) is 35.7 Å². The summed E-state index contributed by atoms with van der Waals surface area (Å²) in [6.07, 6.45) is 15.5. The molecule has 0 aromatic carbocycles. The molecule has 202 valence electrons. The van der Waals surface area contributed by atoms with Crippen LogP contribution < -0.4 is 0 Å². The number of rotatable bonds is 4. The molecule has 0 saturated heterocycles. The Balaban J connectivity index is 1.30. The highest BCUT2D eigenvalue weighted by atomic mass is 35.5. The average Bonchev–Trinajstić information content (AvgIpc) is 3.24. The average molecular weight is 532 g/mol. The third-order valence-corrected chi connectivity index (χ3v) is 17.1. The van der Waals surface area contributed by atoms with Gasteiger partial charge in [-0.25, -0.2) is 0 Å². The van der Waals surface area contributed by atoms with E-state index >= 15 is 0 Å². The molecule has 1 N–H and O–H groups in total. The summed E-state index contributed by atoms with van der Waals surface area (Å²) in [6.45, 7) is 16.6. The molecule has 1 aromatic rings. The van der Waals surface area contributed by atoms with Gasteiger partial charge in [-0.05, 0) is 130 Å². The van der Waals surface area contributed by atoms with Crippen molar-refractivity contribution in [2.24, 2.45) is 40.9 Å². The lowest BCUT2D eigenvalue weighted by Gasteiger charge is -2.60. The SMILES string of the molecule is CC(O)(c1ccncc1Cl)[C@H]1CCC2C3CCC4C[C@@H](O[Si](C)(C)C(C)(C)C)CC[C@]4(C)C3CCC21. The first-order chi connectivity index (χ1) is 16.8. The number of nitrogens with zero attached hydrogens (tertiary/aromatic N) is 1. The minimum atomic E-state index is -1.72. The van der Waals surface area contributed by atoms with Crippen molar-refractivity contribution in [2.75, 3.05) is 0 Å². The fourth-order valence-corrected chi connectivity index (χ4v) is 11.0. The maximum atomic E-state index is 11.8. The molecule has 4 aliphatic rings. The zero-order valence-electron chi connectivity index (χ0n) is 23.8. The van der Waals surface area contributed by atoms with E-state index in [1.165, 1.54) is 51.4 Å². The van der Waals surface area contributed by atoms with Crippen LogP contribution in [0.5, 0.6) is 0 Å².